The van der Waals surface area contributed by atoms with Crippen LogP contribution in [0.25, 0.3) is 5.57 Å². The molecule has 2 aliphatic rings. The summed E-state index contributed by atoms with van der Waals surface area (Å²) < 4.78 is 6.25. The number of hydrogen-bond donors (Lipinski definition) is 2. The first-order chi connectivity index (χ1) is 18.4. The first kappa shape index (κ1) is 26.4. The molecule has 0 aliphatic carbocycles. The molecule has 0 saturated carbocycles. The lowest BCUT2D eigenvalue weighted by atomic mass is 9.84. The molecule has 5 rings (SSSR count). The second-order valence-corrected chi connectivity index (χ2v) is 10.6. The van der Waals surface area contributed by atoms with Gasteiger partial charge in [0.05, 0.1) is 5.60 Å². The summed E-state index contributed by atoms with van der Waals surface area (Å²) in [5.74, 6) is 0.620. The summed E-state index contributed by atoms with van der Waals surface area (Å²) in [6.45, 7) is 2.57. The molecule has 2 N–H and O–H groups in total. The van der Waals surface area contributed by atoms with Crippen molar-refractivity contribution >= 4 is 23.1 Å². The monoisotopic (exact) mass is 532 g/mol. The van der Waals surface area contributed by atoms with Crippen molar-refractivity contribution in [2.24, 2.45) is 0 Å². The normalized spacial score (nSPS) is 17.8. The summed E-state index contributed by atoms with van der Waals surface area (Å²) in [5, 5.41) is 20.9. The van der Waals surface area contributed by atoms with Crippen LogP contribution in [0.5, 0.6) is 11.6 Å². The average molecular weight is 533 g/mol. The van der Waals surface area contributed by atoms with Crippen molar-refractivity contribution in [3.8, 4) is 11.6 Å². The predicted molar refractivity (Wildman–Crippen MR) is 149 cm³/mol. The number of carboxylic acids is 1. The summed E-state index contributed by atoms with van der Waals surface area (Å²) in [5.41, 5.74) is 4.53. The Morgan fingerprint density at radius 2 is 1.89 bits per heavy atom. The van der Waals surface area contributed by atoms with Gasteiger partial charge in [0.1, 0.15) is 5.75 Å². The molecule has 198 valence electrons. The average Bonchev–Trinajstić information content (AvgIpc) is 3.07. The van der Waals surface area contributed by atoms with E-state index in [9.17, 15) is 9.90 Å². The van der Waals surface area contributed by atoms with Gasteiger partial charge in [0.15, 0.2) is 0 Å². The molecule has 0 spiro atoms. The van der Waals surface area contributed by atoms with Gasteiger partial charge in [-0.05, 0) is 79.1 Å². The number of aliphatic hydroxyl groups is 1. The van der Waals surface area contributed by atoms with E-state index in [1.54, 1.807) is 6.20 Å². The van der Waals surface area contributed by atoms with Crippen LogP contribution in [0.4, 0.5) is 0 Å². The third kappa shape index (κ3) is 6.09. The summed E-state index contributed by atoms with van der Waals surface area (Å²) >= 11 is 6.02. The standard InChI is InChI=1S/C31H33ClN2O4/c32-25-13-11-24(12-14-25)31(37)15-19-34(20-16-31)18-4-7-23-21-27-22(6-2-10-29(35)36)5-1-9-28(27)38-30-26(23)8-3-17-33-30/h1,3,5,7-9,11-14,17,37H,2,4,6,10,15-16,18-21H2,(H,35,36). The van der Waals surface area contributed by atoms with Crippen LogP contribution in [0.1, 0.15) is 54.4 Å². The molecule has 1 aromatic heterocycles. The number of nitrogens with zero attached hydrogens (tertiary/aromatic N) is 2. The van der Waals surface area contributed by atoms with Gasteiger partial charge in [0.2, 0.25) is 5.88 Å². The fourth-order valence-corrected chi connectivity index (χ4v) is 5.60. The molecule has 3 heterocycles. The Bertz CT molecular complexity index is 1310. The van der Waals surface area contributed by atoms with Gasteiger partial charge in [-0.3, -0.25) is 4.79 Å². The lowest BCUT2D eigenvalue weighted by molar-refractivity contribution is -0.137. The van der Waals surface area contributed by atoms with Crippen molar-refractivity contribution in [2.45, 2.75) is 50.5 Å². The highest BCUT2D eigenvalue weighted by molar-refractivity contribution is 6.30. The van der Waals surface area contributed by atoms with Crippen LogP contribution in [0.2, 0.25) is 5.02 Å². The minimum absolute atomic E-state index is 0.151. The van der Waals surface area contributed by atoms with Crippen molar-refractivity contribution in [3.63, 3.8) is 0 Å². The fourth-order valence-electron chi connectivity index (χ4n) is 5.48. The van der Waals surface area contributed by atoms with Gasteiger partial charge in [-0.2, -0.15) is 0 Å². The molecule has 2 aliphatic heterocycles. The van der Waals surface area contributed by atoms with E-state index in [4.69, 9.17) is 21.4 Å². The Labute approximate surface area is 228 Å². The zero-order valence-corrected chi connectivity index (χ0v) is 22.2. The Morgan fingerprint density at radius 1 is 1.11 bits per heavy atom. The van der Waals surface area contributed by atoms with Crippen LogP contribution in [-0.2, 0) is 23.2 Å². The molecule has 3 aromatic rings. The summed E-state index contributed by atoms with van der Waals surface area (Å²) in [4.78, 5) is 17.9. The Hall–Kier alpha value is -3.19. The zero-order valence-electron chi connectivity index (χ0n) is 21.4. The summed E-state index contributed by atoms with van der Waals surface area (Å²) in [6, 6.07) is 17.5. The number of halogens is 1. The highest BCUT2D eigenvalue weighted by atomic mass is 35.5. The number of piperidine rings is 1. The predicted octanol–water partition coefficient (Wildman–Crippen LogP) is 6.25. The first-order valence-corrected chi connectivity index (χ1v) is 13.6. The van der Waals surface area contributed by atoms with Gasteiger partial charge in [-0.25, -0.2) is 4.98 Å². The van der Waals surface area contributed by atoms with Crippen LogP contribution in [0, 0.1) is 0 Å². The molecular weight excluding hydrogens is 500 g/mol. The van der Waals surface area contributed by atoms with Gasteiger partial charge in [-0.15, -0.1) is 0 Å². The molecule has 1 saturated heterocycles. The fraction of sp³-hybridized carbons (Fsp3) is 0.355. The molecule has 0 unspecified atom stereocenters. The molecule has 2 aromatic carbocycles. The number of aliphatic carboxylic acids is 1. The number of pyridine rings is 1. The Balaban J connectivity index is 1.28. The second-order valence-electron chi connectivity index (χ2n) is 10.2. The topological polar surface area (TPSA) is 82.9 Å². The third-order valence-electron chi connectivity index (χ3n) is 7.66. The van der Waals surface area contributed by atoms with Gasteiger partial charge in [0, 0.05) is 54.8 Å². The van der Waals surface area contributed by atoms with Crippen molar-refractivity contribution in [1.29, 1.82) is 0 Å². The van der Waals surface area contributed by atoms with E-state index in [2.05, 4.69) is 28.1 Å². The maximum atomic E-state index is 11.2. The quantitative estimate of drug-likeness (QED) is 0.357. The molecule has 0 bridgehead atoms. The highest BCUT2D eigenvalue weighted by Gasteiger charge is 2.33. The number of benzene rings is 2. The van der Waals surface area contributed by atoms with Crippen LogP contribution in [-0.4, -0.2) is 45.7 Å². The van der Waals surface area contributed by atoms with E-state index in [0.29, 0.717) is 43.0 Å². The van der Waals surface area contributed by atoms with E-state index in [-0.39, 0.29) is 6.42 Å². The van der Waals surface area contributed by atoms with Crippen LogP contribution >= 0.6 is 11.6 Å². The lowest BCUT2D eigenvalue weighted by Gasteiger charge is -2.38. The van der Waals surface area contributed by atoms with Gasteiger partial charge in [-0.1, -0.05) is 41.9 Å². The number of rotatable bonds is 8. The summed E-state index contributed by atoms with van der Waals surface area (Å²) in [6.07, 6.45) is 8.44. The molecule has 0 radical (unpaired) electrons. The largest absolute Gasteiger partial charge is 0.481 e. The number of carbonyl (C=O) groups is 1. The molecule has 7 heteroatoms. The third-order valence-corrected chi connectivity index (χ3v) is 7.91. The van der Waals surface area contributed by atoms with Gasteiger partial charge in [0.25, 0.3) is 0 Å². The maximum absolute atomic E-state index is 11.2. The van der Waals surface area contributed by atoms with Crippen molar-refractivity contribution in [2.75, 3.05) is 19.6 Å². The van der Waals surface area contributed by atoms with Crippen LogP contribution in [0.3, 0.4) is 0 Å². The Morgan fingerprint density at radius 3 is 2.66 bits per heavy atom. The molecule has 1 fully saturated rings. The minimum Gasteiger partial charge on any atom is -0.481 e. The molecule has 0 atom stereocenters. The van der Waals surface area contributed by atoms with Crippen molar-refractivity contribution in [1.82, 2.24) is 9.88 Å². The Kier molecular flexibility index (Phi) is 8.12. The second kappa shape index (κ2) is 11.7. The van der Waals surface area contributed by atoms with E-state index in [1.165, 1.54) is 5.57 Å². The van der Waals surface area contributed by atoms with Crippen molar-refractivity contribution in [3.05, 3.63) is 94.1 Å². The van der Waals surface area contributed by atoms with Crippen LogP contribution in [0.15, 0.2) is 66.9 Å². The number of hydrogen-bond acceptors (Lipinski definition) is 5. The number of fused-ring (bicyclic) bond motifs is 2. The van der Waals surface area contributed by atoms with E-state index < -0.39 is 11.6 Å². The van der Waals surface area contributed by atoms with Crippen LogP contribution < -0.4 is 4.74 Å². The molecule has 0 amide bonds. The van der Waals surface area contributed by atoms with E-state index >= 15 is 0 Å². The first-order valence-electron chi connectivity index (χ1n) is 13.3. The van der Waals surface area contributed by atoms with Gasteiger partial charge < -0.3 is 19.8 Å². The van der Waals surface area contributed by atoms with E-state index in [0.717, 1.165) is 54.1 Å². The molecular formula is C31H33ClN2O4. The summed E-state index contributed by atoms with van der Waals surface area (Å²) in [7, 11) is 0. The SMILES string of the molecule is O=C(O)CCCc1cccc2c1CC(=CCCN1CCC(O)(c3ccc(Cl)cc3)CC1)c1cccnc1O2. The highest BCUT2D eigenvalue weighted by Crippen LogP contribution is 2.40. The number of likely N-dealkylation sites (tertiary alicyclic amines) is 1. The number of aromatic nitrogens is 1. The van der Waals surface area contributed by atoms with Gasteiger partial charge >= 0.3 is 5.97 Å². The number of allylic oxidation sites excluding steroid dienone is 1. The molecule has 6 nitrogen and oxygen atoms in total. The minimum atomic E-state index is -0.802. The number of carboxylic acid groups (broad SMARTS) is 1. The van der Waals surface area contributed by atoms with E-state index in [1.807, 2.05) is 42.5 Å². The lowest BCUT2D eigenvalue weighted by Crippen LogP contribution is -2.42. The number of ether oxygens (including phenoxy) is 1. The number of aryl methyl sites for hydroxylation is 1. The molecule has 38 heavy (non-hydrogen) atoms. The van der Waals surface area contributed by atoms with Crippen molar-refractivity contribution < 1.29 is 19.7 Å². The smallest absolute Gasteiger partial charge is 0.303 e. The maximum Gasteiger partial charge on any atom is 0.303 e. The zero-order chi connectivity index (χ0) is 26.5.